The summed E-state index contributed by atoms with van der Waals surface area (Å²) in [5.41, 5.74) is 3.17. The van der Waals surface area contributed by atoms with E-state index >= 15 is 0 Å². The maximum Gasteiger partial charge on any atom is 0.302 e. The van der Waals surface area contributed by atoms with Crippen molar-refractivity contribution in [3.63, 3.8) is 0 Å². The third kappa shape index (κ3) is 3.42. The van der Waals surface area contributed by atoms with E-state index in [0.717, 1.165) is 16.8 Å². The largest absolute Gasteiger partial charge is 0.465 e. The normalized spacial score (nSPS) is 10.1. The van der Waals surface area contributed by atoms with Gasteiger partial charge in [-0.1, -0.05) is 36.4 Å². The van der Waals surface area contributed by atoms with E-state index in [2.05, 4.69) is 17.1 Å². The molecular formula is C15H15NO2. The van der Waals surface area contributed by atoms with Gasteiger partial charge >= 0.3 is 5.97 Å². The van der Waals surface area contributed by atoms with Gasteiger partial charge in [0.1, 0.15) is 0 Å². The quantitative estimate of drug-likeness (QED) is 0.773. The van der Waals surface area contributed by atoms with Crippen molar-refractivity contribution >= 4 is 5.97 Å². The monoisotopic (exact) mass is 241 g/mol. The van der Waals surface area contributed by atoms with Crippen molar-refractivity contribution in [2.24, 2.45) is 0 Å². The topological polar surface area (TPSA) is 39.2 Å². The first-order valence-corrected chi connectivity index (χ1v) is 5.89. The number of benzene rings is 1. The van der Waals surface area contributed by atoms with E-state index in [-0.39, 0.29) is 5.97 Å². The Bertz CT molecular complexity index is 506. The molecule has 0 atom stereocenters. The summed E-state index contributed by atoms with van der Waals surface area (Å²) >= 11 is 0. The number of pyridine rings is 1. The second-order valence-electron chi connectivity index (χ2n) is 3.99. The molecule has 0 aliphatic carbocycles. The number of esters is 1. The van der Waals surface area contributed by atoms with Crippen molar-refractivity contribution in [1.29, 1.82) is 0 Å². The molecule has 0 aliphatic heterocycles. The zero-order chi connectivity index (χ0) is 12.8. The molecule has 0 saturated heterocycles. The number of carbonyl (C=O) groups excluding carboxylic acids is 1. The lowest BCUT2D eigenvalue weighted by atomic mass is 10.1. The number of nitrogens with zero attached hydrogens (tertiary/aromatic N) is 1. The molecule has 1 aromatic carbocycles. The van der Waals surface area contributed by atoms with Gasteiger partial charge in [-0.25, -0.2) is 0 Å². The van der Waals surface area contributed by atoms with Crippen molar-refractivity contribution < 1.29 is 9.53 Å². The van der Waals surface area contributed by atoms with Gasteiger partial charge in [0.15, 0.2) is 0 Å². The molecule has 2 rings (SSSR count). The summed E-state index contributed by atoms with van der Waals surface area (Å²) in [6.07, 6.45) is 2.49. The molecule has 2 aromatic rings. The van der Waals surface area contributed by atoms with Gasteiger partial charge in [0.05, 0.1) is 6.61 Å². The van der Waals surface area contributed by atoms with Gasteiger partial charge < -0.3 is 4.74 Å². The van der Waals surface area contributed by atoms with Crippen LogP contribution in [-0.4, -0.2) is 17.6 Å². The molecular weight excluding hydrogens is 226 g/mol. The predicted molar refractivity (Wildman–Crippen MR) is 70.0 cm³/mol. The van der Waals surface area contributed by atoms with Crippen LogP contribution >= 0.6 is 0 Å². The van der Waals surface area contributed by atoms with E-state index in [0.29, 0.717) is 13.0 Å². The average Bonchev–Trinajstić information content (AvgIpc) is 2.40. The second-order valence-corrected chi connectivity index (χ2v) is 3.99. The molecule has 0 bridgehead atoms. The van der Waals surface area contributed by atoms with Crippen LogP contribution in [0.15, 0.2) is 48.7 Å². The minimum Gasteiger partial charge on any atom is -0.465 e. The van der Waals surface area contributed by atoms with E-state index in [1.165, 1.54) is 6.92 Å². The molecule has 0 radical (unpaired) electrons. The van der Waals surface area contributed by atoms with Gasteiger partial charge in [0.25, 0.3) is 0 Å². The highest BCUT2D eigenvalue weighted by molar-refractivity contribution is 5.65. The molecule has 0 aliphatic rings. The van der Waals surface area contributed by atoms with Crippen LogP contribution in [0.3, 0.4) is 0 Å². The fourth-order valence-corrected chi connectivity index (χ4v) is 1.67. The fourth-order valence-electron chi connectivity index (χ4n) is 1.67. The van der Waals surface area contributed by atoms with Crippen LogP contribution in [0.5, 0.6) is 0 Å². The summed E-state index contributed by atoms with van der Waals surface area (Å²) in [7, 11) is 0. The fraction of sp³-hybridized carbons (Fsp3) is 0.200. The third-order valence-corrected chi connectivity index (χ3v) is 2.60. The maximum atomic E-state index is 10.6. The van der Waals surface area contributed by atoms with E-state index in [1.54, 1.807) is 0 Å². The Morgan fingerprint density at radius 1 is 1.11 bits per heavy atom. The van der Waals surface area contributed by atoms with Gasteiger partial charge in [0, 0.05) is 30.8 Å². The van der Waals surface area contributed by atoms with Crippen LogP contribution in [-0.2, 0) is 16.0 Å². The minimum absolute atomic E-state index is 0.254. The number of hydrogen-bond acceptors (Lipinski definition) is 3. The Morgan fingerprint density at radius 3 is 2.50 bits per heavy atom. The Hall–Kier alpha value is -2.16. The maximum absolute atomic E-state index is 10.6. The number of ether oxygens (including phenoxy) is 1. The highest BCUT2D eigenvalue weighted by atomic mass is 16.5. The zero-order valence-corrected chi connectivity index (χ0v) is 10.3. The van der Waals surface area contributed by atoms with Crippen molar-refractivity contribution in [2.45, 2.75) is 13.3 Å². The number of carbonyl (C=O) groups is 1. The van der Waals surface area contributed by atoms with Gasteiger partial charge in [-0.15, -0.1) is 0 Å². The molecule has 0 fully saturated rings. The first-order valence-electron chi connectivity index (χ1n) is 5.89. The summed E-state index contributed by atoms with van der Waals surface area (Å²) in [5.74, 6) is -0.254. The lowest BCUT2D eigenvalue weighted by Gasteiger charge is -2.04. The molecule has 0 saturated carbocycles. The molecule has 92 valence electrons. The standard InChI is InChI=1S/C15H15NO2/c1-12(17)18-10-9-15-8-7-14(11-16-15)13-5-3-2-4-6-13/h2-8,11H,9-10H2,1H3. The minimum atomic E-state index is -0.254. The summed E-state index contributed by atoms with van der Waals surface area (Å²) < 4.78 is 4.88. The summed E-state index contributed by atoms with van der Waals surface area (Å²) in [6, 6.07) is 14.1. The number of hydrogen-bond donors (Lipinski definition) is 0. The Labute approximate surface area is 106 Å². The van der Waals surface area contributed by atoms with Crippen molar-refractivity contribution in [2.75, 3.05) is 6.61 Å². The molecule has 3 heteroatoms. The number of rotatable bonds is 4. The highest BCUT2D eigenvalue weighted by Crippen LogP contribution is 2.17. The Morgan fingerprint density at radius 2 is 1.89 bits per heavy atom. The first kappa shape index (κ1) is 12.3. The SMILES string of the molecule is CC(=O)OCCc1ccc(-c2ccccc2)cn1. The molecule has 1 heterocycles. The summed E-state index contributed by atoms with van der Waals surface area (Å²) in [5, 5.41) is 0. The Kier molecular flexibility index (Phi) is 4.07. The lowest BCUT2D eigenvalue weighted by Crippen LogP contribution is -2.04. The van der Waals surface area contributed by atoms with Crippen LogP contribution in [0.25, 0.3) is 11.1 Å². The van der Waals surface area contributed by atoms with Crippen LogP contribution in [0.4, 0.5) is 0 Å². The summed E-state index contributed by atoms with van der Waals surface area (Å²) in [4.78, 5) is 15.0. The van der Waals surface area contributed by atoms with Crippen molar-refractivity contribution in [3.05, 3.63) is 54.4 Å². The lowest BCUT2D eigenvalue weighted by molar-refractivity contribution is -0.140. The summed E-state index contributed by atoms with van der Waals surface area (Å²) in [6.45, 7) is 1.79. The predicted octanol–water partition coefficient (Wildman–Crippen LogP) is 2.85. The molecule has 1 aromatic heterocycles. The van der Waals surface area contributed by atoms with Gasteiger partial charge in [0.2, 0.25) is 0 Å². The smallest absolute Gasteiger partial charge is 0.302 e. The van der Waals surface area contributed by atoms with Crippen LogP contribution in [0, 0.1) is 0 Å². The highest BCUT2D eigenvalue weighted by Gasteiger charge is 2.00. The van der Waals surface area contributed by atoms with E-state index in [1.807, 2.05) is 36.5 Å². The van der Waals surface area contributed by atoms with Gasteiger partial charge in [-0.3, -0.25) is 9.78 Å². The molecule has 0 unspecified atom stereocenters. The van der Waals surface area contributed by atoms with Crippen LogP contribution in [0.1, 0.15) is 12.6 Å². The molecule has 0 spiro atoms. The third-order valence-electron chi connectivity index (χ3n) is 2.60. The van der Waals surface area contributed by atoms with Crippen LogP contribution in [0.2, 0.25) is 0 Å². The van der Waals surface area contributed by atoms with E-state index in [4.69, 9.17) is 4.74 Å². The van der Waals surface area contributed by atoms with Gasteiger partial charge in [-0.05, 0) is 11.6 Å². The number of aromatic nitrogens is 1. The zero-order valence-electron chi connectivity index (χ0n) is 10.3. The van der Waals surface area contributed by atoms with Gasteiger partial charge in [-0.2, -0.15) is 0 Å². The molecule has 3 nitrogen and oxygen atoms in total. The Balaban J connectivity index is 2.00. The second kappa shape index (κ2) is 5.96. The first-order chi connectivity index (χ1) is 8.75. The van der Waals surface area contributed by atoms with Crippen molar-refractivity contribution in [3.8, 4) is 11.1 Å². The van der Waals surface area contributed by atoms with E-state index in [9.17, 15) is 4.79 Å². The molecule has 0 N–H and O–H groups in total. The van der Waals surface area contributed by atoms with Crippen molar-refractivity contribution in [1.82, 2.24) is 4.98 Å². The molecule has 0 amide bonds. The average molecular weight is 241 g/mol. The van der Waals surface area contributed by atoms with E-state index < -0.39 is 0 Å². The molecule has 18 heavy (non-hydrogen) atoms. The van der Waals surface area contributed by atoms with Crippen LogP contribution < -0.4 is 0 Å².